The zero-order valence-corrected chi connectivity index (χ0v) is 38.9. The minimum Gasteiger partial charge on any atom is -0.493 e. The summed E-state index contributed by atoms with van der Waals surface area (Å²) in [6.45, 7) is 13.6. The van der Waals surface area contributed by atoms with Crippen molar-refractivity contribution < 1.29 is 33.4 Å². The molecule has 67 heavy (non-hydrogen) atoms. The maximum atomic E-state index is 13.8. The molecule has 0 unspecified atom stereocenters. The van der Waals surface area contributed by atoms with Crippen LogP contribution in [0, 0.1) is 0 Å². The van der Waals surface area contributed by atoms with Gasteiger partial charge in [0, 0.05) is 88.6 Å². The first-order valence-corrected chi connectivity index (χ1v) is 21.9. The van der Waals surface area contributed by atoms with E-state index in [9.17, 15) is 24.0 Å². The fourth-order valence-corrected chi connectivity index (χ4v) is 8.33. The first kappa shape index (κ1) is 45.8. The molecule has 2 aromatic carbocycles. The second-order valence-corrected chi connectivity index (χ2v) is 18.4. The van der Waals surface area contributed by atoms with Crippen molar-refractivity contribution in [2.45, 2.75) is 64.6 Å². The first-order chi connectivity index (χ1) is 31.8. The largest absolute Gasteiger partial charge is 0.493 e. The normalized spacial score (nSPS) is 15.6. The number of ether oxygens (including phenoxy) is 2. The van der Waals surface area contributed by atoms with Crippen molar-refractivity contribution in [3.63, 3.8) is 0 Å². The lowest BCUT2D eigenvalue weighted by atomic mass is 9.99. The van der Waals surface area contributed by atoms with Gasteiger partial charge >= 0.3 is 0 Å². The second kappa shape index (κ2) is 17.9. The third-order valence-corrected chi connectivity index (χ3v) is 11.8. The van der Waals surface area contributed by atoms with Crippen LogP contribution in [-0.2, 0) is 32.5 Å². The Labute approximate surface area is 387 Å². The number of aryl methyl sites for hydroxylation is 3. The van der Waals surface area contributed by atoms with Gasteiger partial charge in [0.2, 0.25) is 11.7 Å². The van der Waals surface area contributed by atoms with Crippen LogP contribution in [0.1, 0.15) is 94.5 Å². The van der Waals surface area contributed by atoms with Crippen molar-refractivity contribution in [1.29, 1.82) is 0 Å². The van der Waals surface area contributed by atoms with Crippen LogP contribution >= 0.6 is 0 Å². The number of hydrogen-bond donors (Lipinski definition) is 4. The number of fused-ring (bicyclic) bond motifs is 3. The van der Waals surface area contributed by atoms with E-state index < -0.39 is 17.4 Å². The number of methoxy groups -OCH3 is 1. The van der Waals surface area contributed by atoms with Crippen molar-refractivity contribution in [1.82, 2.24) is 33.5 Å². The summed E-state index contributed by atoms with van der Waals surface area (Å²) >= 11 is 0. The lowest BCUT2D eigenvalue weighted by Gasteiger charge is -2.29. The van der Waals surface area contributed by atoms with Gasteiger partial charge in [0.25, 0.3) is 23.6 Å². The maximum absolute atomic E-state index is 13.8. The summed E-state index contributed by atoms with van der Waals surface area (Å²) in [5, 5.41) is 12.8. The highest BCUT2D eigenvalue weighted by molar-refractivity contribution is 6.08. The van der Waals surface area contributed by atoms with E-state index in [4.69, 9.17) is 9.47 Å². The number of hydrogen-bond acceptors (Lipinski definition) is 10. The number of benzene rings is 2. The molecule has 4 N–H and O–H groups in total. The summed E-state index contributed by atoms with van der Waals surface area (Å²) in [5.74, 6) is -0.767. The molecule has 2 aliphatic heterocycles. The van der Waals surface area contributed by atoms with Gasteiger partial charge in [-0.3, -0.25) is 33.5 Å². The van der Waals surface area contributed by atoms with Crippen LogP contribution < -0.4 is 30.7 Å². The summed E-state index contributed by atoms with van der Waals surface area (Å²) < 4.78 is 17.9. The molecule has 18 heteroatoms. The highest BCUT2D eigenvalue weighted by Crippen LogP contribution is 2.41. The van der Waals surface area contributed by atoms with Gasteiger partial charge in [-0.05, 0) is 76.4 Å². The molecule has 2 aliphatic rings. The number of nitrogens with one attached hydrogen (secondary N) is 4. The quantitative estimate of drug-likeness (QED) is 0.0669. The first-order valence-electron chi connectivity index (χ1n) is 21.9. The number of carbonyl (C=O) groups is 5. The Hall–Kier alpha value is -7.73. The maximum Gasteiger partial charge on any atom is 0.291 e. The van der Waals surface area contributed by atoms with Crippen LogP contribution in [0.3, 0.4) is 0 Å². The number of aliphatic imine (C=N–C) groups is 1. The zero-order chi connectivity index (χ0) is 47.9. The Morgan fingerprint density at radius 3 is 2.31 bits per heavy atom. The van der Waals surface area contributed by atoms with E-state index in [0.717, 1.165) is 22.0 Å². The van der Waals surface area contributed by atoms with E-state index in [1.54, 1.807) is 82.7 Å². The zero-order valence-electron chi connectivity index (χ0n) is 38.9. The van der Waals surface area contributed by atoms with Gasteiger partial charge in [0.1, 0.15) is 11.4 Å². The molecule has 0 spiro atoms. The predicted octanol–water partition coefficient (Wildman–Crippen LogP) is 6.82. The minimum atomic E-state index is -0.559. The molecule has 0 radical (unpaired) electrons. The van der Waals surface area contributed by atoms with E-state index in [2.05, 4.69) is 58.6 Å². The van der Waals surface area contributed by atoms with Crippen LogP contribution in [-0.4, -0.2) is 95.2 Å². The van der Waals surface area contributed by atoms with E-state index >= 15 is 0 Å². The summed E-state index contributed by atoms with van der Waals surface area (Å²) in [4.78, 5) is 77.8. The molecule has 0 saturated carbocycles. The molecule has 18 nitrogen and oxygen atoms in total. The number of aromatic nitrogens is 5. The highest BCUT2D eigenvalue weighted by Gasteiger charge is 2.43. The standard InChI is InChI=1S/C49H55N11O7/c1-29-22-49(5)28-50-35-21-40(39(66-9)20-34(35)46(64)60(49)24-29)67-16-10-11-42(61)54-41-27-58(8)43(55-41)45(63)53-32-18-37(56(6)25-32)44(62)52-33-19-38(57(7)26-33)47(65)59-15-14-31-13-12-30(17-36(31)59)23-51-48(2,3)4/h12-15,17-21,25-28,51H,1,10-11,16,22-24H2,2-9H3,(H,52,62)(H,53,63)(H,54,61)/t49-/m0/s1. The lowest BCUT2D eigenvalue weighted by molar-refractivity contribution is -0.116. The smallest absolute Gasteiger partial charge is 0.291 e. The third kappa shape index (κ3) is 9.65. The topological polar surface area (TPSA) is 200 Å². The Bertz CT molecular complexity index is 3010. The van der Waals surface area contributed by atoms with Crippen molar-refractivity contribution >= 4 is 69.5 Å². The Morgan fingerprint density at radius 2 is 1.58 bits per heavy atom. The molecule has 4 aromatic heterocycles. The summed E-state index contributed by atoms with van der Waals surface area (Å²) in [7, 11) is 6.54. The number of anilines is 3. The average molecular weight is 910 g/mol. The van der Waals surface area contributed by atoms with Crippen molar-refractivity contribution in [3.05, 3.63) is 114 Å². The SMILES string of the molecule is C=C1CN2C(=O)c3cc(OC)c(OCCCC(=O)Nc4cn(C)c(C(=O)Nc5cc(C(=O)Nc6cc(C(=O)n7ccc8ccc(CNC(C)(C)C)cc87)n(C)c6)n(C)c5)n4)cc3N=C[C@]2(C)C1. The Kier molecular flexibility index (Phi) is 12.3. The summed E-state index contributed by atoms with van der Waals surface area (Å²) in [5.41, 5.74) is 4.47. The predicted molar refractivity (Wildman–Crippen MR) is 256 cm³/mol. The van der Waals surface area contributed by atoms with Gasteiger partial charge in [-0.1, -0.05) is 24.3 Å². The molecule has 348 valence electrons. The van der Waals surface area contributed by atoms with Gasteiger partial charge in [0.05, 0.1) is 47.4 Å². The van der Waals surface area contributed by atoms with E-state index in [0.29, 0.717) is 65.7 Å². The highest BCUT2D eigenvalue weighted by atomic mass is 16.5. The fraction of sp³-hybridized carbons (Fsp3) is 0.327. The molecular formula is C49H55N11O7. The van der Waals surface area contributed by atoms with E-state index in [1.807, 2.05) is 31.2 Å². The van der Waals surface area contributed by atoms with Crippen LogP contribution in [0.2, 0.25) is 0 Å². The Morgan fingerprint density at radius 1 is 0.866 bits per heavy atom. The molecule has 4 amide bonds. The number of imidazole rings is 1. The van der Waals surface area contributed by atoms with Crippen molar-refractivity contribution in [2.75, 3.05) is 36.2 Å². The number of carbonyl (C=O) groups excluding carboxylic acids is 5. The van der Waals surface area contributed by atoms with Gasteiger partial charge in [-0.25, -0.2) is 4.98 Å². The van der Waals surface area contributed by atoms with Gasteiger partial charge < -0.3 is 49.3 Å². The van der Waals surface area contributed by atoms with E-state index in [1.165, 1.54) is 23.9 Å². The van der Waals surface area contributed by atoms with Crippen LogP contribution in [0.25, 0.3) is 10.9 Å². The van der Waals surface area contributed by atoms with Gasteiger partial charge in [-0.15, -0.1) is 0 Å². The van der Waals surface area contributed by atoms with Gasteiger partial charge in [0.15, 0.2) is 17.3 Å². The van der Waals surface area contributed by atoms with Gasteiger partial charge in [-0.2, -0.15) is 0 Å². The van der Waals surface area contributed by atoms with Crippen LogP contribution in [0.15, 0.2) is 90.5 Å². The molecule has 1 atom stereocenters. The van der Waals surface area contributed by atoms with Crippen LogP contribution in [0.4, 0.5) is 22.9 Å². The van der Waals surface area contributed by atoms with Crippen molar-refractivity contribution in [3.8, 4) is 11.5 Å². The second-order valence-electron chi connectivity index (χ2n) is 18.4. The molecule has 8 rings (SSSR count). The summed E-state index contributed by atoms with van der Waals surface area (Å²) in [6.07, 6.45) is 9.39. The Balaban J connectivity index is 0.838. The molecule has 0 aliphatic carbocycles. The number of nitrogens with zero attached hydrogens (tertiary/aromatic N) is 7. The third-order valence-electron chi connectivity index (χ3n) is 11.8. The molecular weight excluding hydrogens is 855 g/mol. The molecule has 1 saturated heterocycles. The monoisotopic (exact) mass is 909 g/mol. The molecule has 6 aromatic rings. The average Bonchev–Trinajstić information content (AvgIpc) is 4.09. The van der Waals surface area contributed by atoms with Crippen LogP contribution in [0.5, 0.6) is 11.5 Å². The number of rotatable bonds is 14. The van der Waals surface area contributed by atoms with E-state index in [-0.39, 0.29) is 53.6 Å². The lowest BCUT2D eigenvalue weighted by Crippen LogP contribution is -2.45. The fourth-order valence-electron chi connectivity index (χ4n) is 8.33. The molecule has 6 heterocycles. The summed E-state index contributed by atoms with van der Waals surface area (Å²) in [6, 6.07) is 14.4. The molecule has 1 fully saturated rings. The van der Waals surface area contributed by atoms with Crippen molar-refractivity contribution in [2.24, 2.45) is 26.1 Å². The minimum absolute atomic E-state index is 0.0269. The number of amides is 4. The molecule has 0 bridgehead atoms.